The van der Waals surface area contributed by atoms with Crippen LogP contribution in [0.2, 0.25) is 0 Å². The maximum Gasteiger partial charge on any atom is 0.137 e. The molecule has 0 bridgehead atoms. The number of nitriles is 1. The third-order valence-electron chi connectivity index (χ3n) is 5.88. The molecule has 0 fully saturated rings. The van der Waals surface area contributed by atoms with Crippen molar-refractivity contribution in [3.8, 4) is 6.07 Å². The fraction of sp³-hybridized carbons (Fsp3) is 0.154. The molecule has 1 unspecified atom stereocenters. The number of anilines is 1. The first kappa shape index (κ1) is 23.1. The van der Waals surface area contributed by atoms with Gasteiger partial charge in [-0.25, -0.2) is 18.4 Å². The van der Waals surface area contributed by atoms with Crippen molar-refractivity contribution in [1.29, 1.82) is 5.26 Å². The summed E-state index contributed by atoms with van der Waals surface area (Å²) in [6.07, 6.45) is 4.49. The molecule has 0 spiro atoms. The maximum absolute atomic E-state index is 14.7. The smallest absolute Gasteiger partial charge is 0.137 e. The van der Waals surface area contributed by atoms with Crippen molar-refractivity contribution in [2.24, 2.45) is 0 Å². The van der Waals surface area contributed by atoms with E-state index >= 15 is 0 Å². The van der Waals surface area contributed by atoms with Crippen molar-refractivity contribution in [2.45, 2.75) is 25.2 Å². The lowest BCUT2D eigenvalue weighted by molar-refractivity contribution is -0.00828. The molecular weight excluding hydrogens is 464 g/mol. The average molecular weight is 485 g/mol. The Balaban J connectivity index is 1.39. The molecule has 5 rings (SSSR count). The molecule has 5 aromatic rings. The van der Waals surface area contributed by atoms with Gasteiger partial charge < -0.3 is 10.4 Å². The minimum atomic E-state index is -1.77. The Bertz CT molecular complexity index is 1540. The minimum Gasteiger partial charge on any atom is -0.381 e. The van der Waals surface area contributed by atoms with Crippen molar-refractivity contribution in [3.05, 3.63) is 108 Å². The van der Waals surface area contributed by atoms with E-state index in [-0.39, 0.29) is 18.7 Å². The predicted octanol–water partition coefficient (Wildman–Crippen LogP) is 3.98. The number of nitrogens with zero attached hydrogens (tertiary/aromatic N) is 6. The van der Waals surface area contributed by atoms with Crippen LogP contribution >= 0.6 is 0 Å². The molecule has 180 valence electrons. The van der Waals surface area contributed by atoms with Crippen LogP contribution in [0.3, 0.4) is 0 Å². The van der Waals surface area contributed by atoms with Gasteiger partial charge in [0.25, 0.3) is 0 Å². The molecule has 36 heavy (non-hydrogen) atoms. The molecule has 1 atom stereocenters. The Morgan fingerprint density at radius 2 is 1.81 bits per heavy atom. The highest BCUT2D eigenvalue weighted by molar-refractivity contribution is 5.81. The fourth-order valence-corrected chi connectivity index (χ4v) is 4.10. The van der Waals surface area contributed by atoms with Gasteiger partial charge in [-0.1, -0.05) is 18.2 Å². The monoisotopic (exact) mass is 485 g/mol. The molecule has 10 heteroatoms. The lowest BCUT2D eigenvalue weighted by Crippen LogP contribution is -2.37. The second-order valence-corrected chi connectivity index (χ2v) is 8.51. The number of aromatic nitrogens is 5. The number of fused-ring (bicyclic) bond motifs is 1. The number of hydrogen-bond acceptors (Lipinski definition) is 6. The summed E-state index contributed by atoms with van der Waals surface area (Å²) in [5.41, 5.74) is 1.32. The summed E-state index contributed by atoms with van der Waals surface area (Å²) in [6.45, 7) is 0.362. The zero-order chi connectivity index (χ0) is 25.1. The summed E-state index contributed by atoms with van der Waals surface area (Å²) < 4.78 is 31.2. The molecule has 0 saturated heterocycles. The average Bonchev–Trinajstić information content (AvgIpc) is 3.51. The Labute approximate surface area is 205 Å². The number of aliphatic hydroxyl groups is 1. The summed E-state index contributed by atoms with van der Waals surface area (Å²) in [5, 5.41) is 33.3. The highest BCUT2D eigenvalue weighted by Gasteiger charge is 2.34. The summed E-state index contributed by atoms with van der Waals surface area (Å²) in [4.78, 5) is 3.88. The lowest BCUT2D eigenvalue weighted by atomic mass is 9.93. The van der Waals surface area contributed by atoms with Gasteiger partial charge >= 0.3 is 0 Å². The van der Waals surface area contributed by atoms with Gasteiger partial charge in [0.1, 0.15) is 29.9 Å². The van der Waals surface area contributed by atoms with E-state index in [4.69, 9.17) is 5.26 Å². The SMILES string of the molecule is N#Cc1ccc(CNc2ccc3cn(CC(O)(Cn4cncn4)c4ccc(F)cc4F)nc3c2)cc1. The van der Waals surface area contributed by atoms with E-state index in [0.29, 0.717) is 17.6 Å². The van der Waals surface area contributed by atoms with E-state index in [1.165, 1.54) is 28.1 Å². The second-order valence-electron chi connectivity index (χ2n) is 8.51. The molecule has 0 radical (unpaired) electrons. The van der Waals surface area contributed by atoms with Gasteiger partial charge in [-0.3, -0.25) is 4.68 Å². The molecule has 2 N–H and O–H groups in total. The van der Waals surface area contributed by atoms with Gasteiger partial charge in [0.05, 0.1) is 30.2 Å². The van der Waals surface area contributed by atoms with Crippen LogP contribution in [0, 0.1) is 23.0 Å². The zero-order valence-electron chi connectivity index (χ0n) is 19.0. The molecular formula is C26H21F2N7O. The quantitative estimate of drug-likeness (QED) is 0.345. The topological polar surface area (TPSA) is 105 Å². The zero-order valence-corrected chi connectivity index (χ0v) is 19.0. The number of hydrogen-bond donors (Lipinski definition) is 2. The minimum absolute atomic E-state index is 0.0660. The summed E-state index contributed by atoms with van der Waals surface area (Å²) in [5.74, 6) is -1.59. The summed E-state index contributed by atoms with van der Waals surface area (Å²) >= 11 is 0. The van der Waals surface area contributed by atoms with Crippen LogP contribution in [0.5, 0.6) is 0 Å². The first-order valence-electron chi connectivity index (χ1n) is 11.1. The standard InChI is InChI=1S/C26H21F2N7O/c27-21-6-8-23(24(28)9-21)26(36,15-35-17-30-16-32-35)14-34-13-20-5-7-22(10-25(20)33-34)31-12-19-3-1-18(11-29)2-4-19/h1-10,13,16-17,31,36H,12,14-15H2. The third-order valence-corrected chi connectivity index (χ3v) is 5.88. The molecule has 3 aromatic carbocycles. The molecule has 0 aliphatic carbocycles. The Morgan fingerprint density at radius 3 is 2.53 bits per heavy atom. The Morgan fingerprint density at radius 1 is 1.00 bits per heavy atom. The van der Waals surface area contributed by atoms with E-state index in [1.54, 1.807) is 18.3 Å². The van der Waals surface area contributed by atoms with Crippen molar-refractivity contribution < 1.29 is 13.9 Å². The lowest BCUT2D eigenvalue weighted by Gasteiger charge is -2.28. The van der Waals surface area contributed by atoms with E-state index < -0.39 is 17.2 Å². The fourth-order valence-electron chi connectivity index (χ4n) is 4.10. The summed E-state index contributed by atoms with van der Waals surface area (Å²) in [6, 6.07) is 18.2. The van der Waals surface area contributed by atoms with Crippen molar-refractivity contribution in [1.82, 2.24) is 24.5 Å². The van der Waals surface area contributed by atoms with E-state index in [0.717, 1.165) is 28.8 Å². The highest BCUT2D eigenvalue weighted by atomic mass is 19.1. The second kappa shape index (κ2) is 9.56. The summed E-state index contributed by atoms with van der Waals surface area (Å²) in [7, 11) is 0. The van der Waals surface area contributed by atoms with E-state index in [1.807, 2.05) is 30.3 Å². The van der Waals surface area contributed by atoms with Gasteiger partial charge in [-0.2, -0.15) is 15.5 Å². The predicted molar refractivity (Wildman–Crippen MR) is 128 cm³/mol. The van der Waals surface area contributed by atoms with Gasteiger partial charge in [0, 0.05) is 35.4 Å². The normalized spacial score (nSPS) is 12.8. The Kier molecular flexibility index (Phi) is 6.14. The van der Waals surface area contributed by atoms with Crippen LogP contribution in [0.4, 0.5) is 14.5 Å². The van der Waals surface area contributed by atoms with Crippen LogP contribution in [-0.4, -0.2) is 29.7 Å². The van der Waals surface area contributed by atoms with Crippen LogP contribution in [0.1, 0.15) is 16.7 Å². The number of halogens is 2. The van der Waals surface area contributed by atoms with Gasteiger partial charge in [-0.05, 0) is 42.0 Å². The molecule has 0 aliphatic rings. The van der Waals surface area contributed by atoms with Crippen LogP contribution in [0.15, 0.2) is 79.5 Å². The molecule has 2 aromatic heterocycles. The van der Waals surface area contributed by atoms with E-state index in [9.17, 15) is 13.9 Å². The van der Waals surface area contributed by atoms with Crippen molar-refractivity contribution in [3.63, 3.8) is 0 Å². The van der Waals surface area contributed by atoms with Crippen LogP contribution in [0.25, 0.3) is 10.9 Å². The van der Waals surface area contributed by atoms with Crippen molar-refractivity contribution in [2.75, 3.05) is 5.32 Å². The molecule has 2 heterocycles. The Hall–Kier alpha value is -4.62. The van der Waals surface area contributed by atoms with Crippen LogP contribution in [-0.2, 0) is 25.2 Å². The van der Waals surface area contributed by atoms with Gasteiger partial charge in [-0.15, -0.1) is 0 Å². The molecule has 8 nitrogen and oxygen atoms in total. The van der Waals surface area contributed by atoms with Crippen LogP contribution < -0.4 is 5.32 Å². The van der Waals surface area contributed by atoms with Gasteiger partial charge in [0.15, 0.2) is 0 Å². The molecule has 0 saturated carbocycles. The first-order valence-corrected chi connectivity index (χ1v) is 11.1. The van der Waals surface area contributed by atoms with Crippen molar-refractivity contribution >= 4 is 16.6 Å². The number of nitrogens with one attached hydrogen (secondary N) is 1. The largest absolute Gasteiger partial charge is 0.381 e. The third kappa shape index (κ3) is 4.92. The van der Waals surface area contributed by atoms with Gasteiger partial charge in [0.2, 0.25) is 0 Å². The first-order chi connectivity index (χ1) is 17.4. The number of benzene rings is 3. The molecule has 0 amide bonds. The van der Waals surface area contributed by atoms with E-state index in [2.05, 4.69) is 26.6 Å². The number of rotatable bonds is 8. The maximum atomic E-state index is 14.7. The molecule has 0 aliphatic heterocycles. The highest BCUT2D eigenvalue weighted by Crippen LogP contribution is 2.29.